The Kier molecular flexibility index (Phi) is 4.52. The van der Waals surface area contributed by atoms with Crippen LogP contribution in [0.5, 0.6) is 0 Å². The second-order valence-corrected chi connectivity index (χ2v) is 7.70. The van der Waals surface area contributed by atoms with E-state index in [0.717, 1.165) is 22.4 Å². The van der Waals surface area contributed by atoms with Gasteiger partial charge in [0.25, 0.3) is 0 Å². The lowest BCUT2D eigenvalue weighted by Crippen LogP contribution is -2.52. The number of imidazole rings is 1. The third-order valence-electron chi connectivity index (χ3n) is 4.63. The smallest absolute Gasteiger partial charge is 0.407 e. The van der Waals surface area contributed by atoms with Crippen molar-refractivity contribution in [1.82, 2.24) is 20.2 Å². The van der Waals surface area contributed by atoms with Gasteiger partial charge in [0.2, 0.25) is 5.91 Å². The van der Waals surface area contributed by atoms with Gasteiger partial charge in [-0.3, -0.25) is 4.79 Å². The molecule has 2 N–H and O–H groups in total. The molecule has 1 aliphatic carbocycles. The van der Waals surface area contributed by atoms with Crippen LogP contribution in [-0.2, 0) is 9.53 Å². The van der Waals surface area contributed by atoms with Gasteiger partial charge in [-0.25, -0.2) is 9.78 Å². The molecule has 0 radical (unpaired) electrons. The largest absolute Gasteiger partial charge is 0.453 e. The quantitative estimate of drug-likeness (QED) is 0.714. The second-order valence-electron chi connectivity index (χ2n) is 6.53. The van der Waals surface area contributed by atoms with Crippen LogP contribution in [0.15, 0.2) is 6.20 Å². The van der Waals surface area contributed by atoms with E-state index < -0.39 is 12.1 Å². The third-order valence-corrected chi connectivity index (χ3v) is 5.18. The van der Waals surface area contributed by atoms with Crippen LogP contribution < -0.4 is 5.32 Å². The third kappa shape index (κ3) is 3.17. The number of likely N-dealkylation sites (tertiary alicyclic amines) is 1. The number of hydrogen-bond donors (Lipinski definition) is 2. The van der Waals surface area contributed by atoms with E-state index in [4.69, 9.17) is 0 Å². The molecule has 23 heavy (non-hydrogen) atoms. The summed E-state index contributed by atoms with van der Waals surface area (Å²) >= 11 is 2.18. The lowest BCUT2D eigenvalue weighted by atomic mass is 10.0. The van der Waals surface area contributed by atoms with Crippen molar-refractivity contribution in [1.29, 1.82) is 0 Å². The molecule has 0 aromatic carbocycles. The molecule has 8 heteroatoms. The minimum atomic E-state index is -0.585. The first kappa shape index (κ1) is 16.5. The number of ether oxygens (including phenoxy) is 1. The van der Waals surface area contributed by atoms with Crippen LogP contribution >= 0.6 is 22.6 Å². The fraction of sp³-hybridized carbons (Fsp3) is 0.667. The monoisotopic (exact) mass is 432 g/mol. The van der Waals surface area contributed by atoms with Gasteiger partial charge in [0.1, 0.15) is 11.9 Å². The average molecular weight is 432 g/mol. The Labute approximate surface area is 148 Å². The maximum absolute atomic E-state index is 13.1. The molecule has 1 aliphatic heterocycles. The summed E-state index contributed by atoms with van der Waals surface area (Å²) in [5.74, 6) is 1.32. The number of rotatable bonds is 4. The zero-order chi connectivity index (χ0) is 16.7. The van der Waals surface area contributed by atoms with Gasteiger partial charge in [-0.05, 0) is 47.3 Å². The van der Waals surface area contributed by atoms with Gasteiger partial charge in [0.05, 0.1) is 23.0 Å². The number of halogens is 1. The average Bonchev–Trinajstić information content (AvgIpc) is 2.96. The van der Waals surface area contributed by atoms with Gasteiger partial charge in [-0.15, -0.1) is 0 Å². The number of nitrogens with zero attached hydrogens (tertiary/aromatic N) is 2. The molecule has 126 valence electrons. The lowest BCUT2D eigenvalue weighted by molar-refractivity contribution is -0.136. The number of fused-ring (bicyclic) bond motifs is 1. The number of hydrogen-bond acceptors (Lipinski definition) is 4. The highest BCUT2D eigenvalue weighted by Crippen LogP contribution is 2.53. The molecule has 1 saturated carbocycles. The molecule has 1 aromatic heterocycles. The van der Waals surface area contributed by atoms with Crippen molar-refractivity contribution < 1.29 is 14.3 Å². The number of carbonyl (C=O) groups is 2. The van der Waals surface area contributed by atoms with E-state index in [0.29, 0.717) is 5.92 Å². The number of H-pyrrole nitrogens is 1. The standard InChI is InChI=1S/C15H21IN4O3/c1-7(2)12(19-15(22)23-3)14(21)20-9-4-8(9)5-10(20)13-17-6-11(16)18-13/h6-10,12H,4-5H2,1-3H3,(H,17,18)(H,19,22)/t8?,9?,10-,12-/m0/s1. The first-order chi connectivity index (χ1) is 10.9. The predicted octanol–water partition coefficient (Wildman–Crippen LogP) is 2.06. The van der Waals surface area contributed by atoms with Crippen molar-refractivity contribution in [3.8, 4) is 0 Å². The van der Waals surface area contributed by atoms with E-state index in [2.05, 4.69) is 42.6 Å². The highest BCUT2D eigenvalue weighted by Gasteiger charge is 2.56. The molecule has 7 nitrogen and oxygen atoms in total. The Balaban J connectivity index is 1.81. The van der Waals surface area contributed by atoms with Crippen LogP contribution in [0.4, 0.5) is 4.79 Å². The highest BCUT2D eigenvalue weighted by molar-refractivity contribution is 14.1. The van der Waals surface area contributed by atoms with Crippen LogP contribution in [-0.4, -0.2) is 46.1 Å². The molecule has 0 spiro atoms. The van der Waals surface area contributed by atoms with Gasteiger partial charge in [-0.1, -0.05) is 13.8 Å². The predicted molar refractivity (Wildman–Crippen MR) is 91.6 cm³/mol. The zero-order valence-corrected chi connectivity index (χ0v) is 15.5. The maximum atomic E-state index is 13.1. The number of aromatic nitrogens is 2. The van der Waals surface area contributed by atoms with E-state index in [1.807, 2.05) is 18.7 Å². The van der Waals surface area contributed by atoms with Gasteiger partial charge in [0, 0.05) is 6.04 Å². The molecule has 0 bridgehead atoms. The number of amides is 2. The van der Waals surface area contributed by atoms with E-state index in [9.17, 15) is 9.59 Å². The Morgan fingerprint density at radius 2 is 2.22 bits per heavy atom. The summed E-state index contributed by atoms with van der Waals surface area (Å²) in [7, 11) is 1.30. The van der Waals surface area contributed by atoms with Crippen LogP contribution in [0, 0.1) is 15.5 Å². The van der Waals surface area contributed by atoms with Gasteiger partial charge in [0.15, 0.2) is 0 Å². The minimum Gasteiger partial charge on any atom is -0.453 e. The molecular weight excluding hydrogens is 411 g/mol. The molecule has 2 aliphatic rings. The fourth-order valence-corrected chi connectivity index (χ4v) is 3.78. The van der Waals surface area contributed by atoms with Crippen molar-refractivity contribution in [2.75, 3.05) is 7.11 Å². The number of carbonyl (C=O) groups excluding carboxylic acids is 2. The second kappa shape index (κ2) is 6.29. The van der Waals surface area contributed by atoms with E-state index in [-0.39, 0.29) is 23.9 Å². The molecule has 3 rings (SSSR count). The Hall–Kier alpha value is -1.32. The fourth-order valence-electron chi connectivity index (χ4n) is 3.36. The number of alkyl carbamates (subject to hydrolysis) is 1. The normalized spacial score (nSPS) is 26.8. The molecular formula is C15H21IN4O3. The molecule has 2 unspecified atom stereocenters. The first-order valence-corrected chi connectivity index (χ1v) is 8.87. The summed E-state index contributed by atoms with van der Waals surface area (Å²) in [5, 5.41) is 2.67. The van der Waals surface area contributed by atoms with Gasteiger partial charge < -0.3 is 19.9 Å². The molecule has 2 amide bonds. The molecule has 1 aromatic rings. The summed E-state index contributed by atoms with van der Waals surface area (Å²) in [4.78, 5) is 34.2. The SMILES string of the molecule is COC(=O)N[C@H](C(=O)N1C2CC2C[C@H]1c1ncc(I)[nH]1)C(C)C. The van der Waals surface area contributed by atoms with Gasteiger partial charge in [-0.2, -0.15) is 0 Å². The summed E-state index contributed by atoms with van der Waals surface area (Å²) in [5.41, 5.74) is 0. The van der Waals surface area contributed by atoms with Crippen LogP contribution in [0.25, 0.3) is 0 Å². The van der Waals surface area contributed by atoms with Crippen molar-refractivity contribution in [2.24, 2.45) is 11.8 Å². The topological polar surface area (TPSA) is 87.3 Å². The summed E-state index contributed by atoms with van der Waals surface area (Å²) < 4.78 is 5.61. The molecule has 4 atom stereocenters. The van der Waals surface area contributed by atoms with E-state index in [1.165, 1.54) is 7.11 Å². The van der Waals surface area contributed by atoms with E-state index in [1.54, 1.807) is 6.20 Å². The Morgan fingerprint density at radius 3 is 2.78 bits per heavy atom. The number of methoxy groups -OCH3 is 1. The lowest BCUT2D eigenvalue weighted by Gasteiger charge is -2.31. The Bertz CT molecular complexity index is 618. The number of piperidine rings is 1. The molecule has 1 saturated heterocycles. The summed E-state index contributed by atoms with van der Waals surface area (Å²) in [6.07, 6.45) is 3.18. The summed E-state index contributed by atoms with van der Waals surface area (Å²) in [6.45, 7) is 3.84. The number of nitrogens with one attached hydrogen (secondary N) is 2. The van der Waals surface area contributed by atoms with Crippen molar-refractivity contribution in [3.05, 3.63) is 15.7 Å². The maximum Gasteiger partial charge on any atom is 0.407 e. The summed E-state index contributed by atoms with van der Waals surface area (Å²) in [6, 6.07) is -0.343. The number of aromatic amines is 1. The van der Waals surface area contributed by atoms with E-state index >= 15 is 0 Å². The van der Waals surface area contributed by atoms with Crippen LogP contribution in [0.1, 0.15) is 38.6 Å². The molecule has 2 heterocycles. The Morgan fingerprint density at radius 1 is 1.48 bits per heavy atom. The molecule has 2 fully saturated rings. The highest BCUT2D eigenvalue weighted by atomic mass is 127. The van der Waals surface area contributed by atoms with Crippen molar-refractivity contribution >= 4 is 34.6 Å². The first-order valence-electron chi connectivity index (χ1n) is 7.79. The van der Waals surface area contributed by atoms with Crippen LogP contribution in [0.2, 0.25) is 0 Å². The van der Waals surface area contributed by atoms with Crippen molar-refractivity contribution in [3.63, 3.8) is 0 Å². The minimum absolute atomic E-state index is 0.0169. The zero-order valence-electron chi connectivity index (χ0n) is 13.4. The van der Waals surface area contributed by atoms with Crippen LogP contribution in [0.3, 0.4) is 0 Å². The van der Waals surface area contributed by atoms with Gasteiger partial charge >= 0.3 is 6.09 Å². The van der Waals surface area contributed by atoms with Crippen molar-refractivity contribution in [2.45, 2.75) is 44.8 Å².